The van der Waals surface area contributed by atoms with Gasteiger partial charge < -0.3 is 4.90 Å². The molecule has 1 unspecified atom stereocenters. The highest BCUT2D eigenvalue weighted by atomic mass is 35.5. The Balaban J connectivity index is 1.57. The predicted octanol–water partition coefficient (Wildman–Crippen LogP) is 5.24. The molecule has 1 amide bonds. The van der Waals surface area contributed by atoms with Gasteiger partial charge in [-0.2, -0.15) is 5.10 Å². The van der Waals surface area contributed by atoms with E-state index in [-0.39, 0.29) is 5.91 Å². The average molecular weight is 394 g/mol. The molecule has 1 atom stereocenters. The summed E-state index contributed by atoms with van der Waals surface area (Å²) in [6.45, 7) is 3.48. The van der Waals surface area contributed by atoms with Crippen LogP contribution < -0.4 is 0 Å². The molecule has 1 aromatic heterocycles. The van der Waals surface area contributed by atoms with Gasteiger partial charge in [0.15, 0.2) is 0 Å². The molecule has 4 rings (SSSR count). The number of carbonyl (C=O) groups excluding carboxylic acids is 1. The van der Waals surface area contributed by atoms with Gasteiger partial charge >= 0.3 is 0 Å². The van der Waals surface area contributed by atoms with Crippen LogP contribution in [0.3, 0.4) is 0 Å². The van der Waals surface area contributed by atoms with E-state index in [2.05, 4.69) is 17.2 Å². The Morgan fingerprint density at radius 1 is 1.07 bits per heavy atom. The third-order valence-corrected chi connectivity index (χ3v) is 5.79. The van der Waals surface area contributed by atoms with Gasteiger partial charge in [-0.3, -0.25) is 4.79 Å². The first-order valence-electron chi connectivity index (χ1n) is 9.78. The first-order valence-corrected chi connectivity index (χ1v) is 10.2. The maximum absolute atomic E-state index is 13.3. The minimum Gasteiger partial charge on any atom is -0.338 e. The molecule has 2 heterocycles. The number of para-hydroxylation sites is 1. The van der Waals surface area contributed by atoms with Crippen molar-refractivity contribution in [2.24, 2.45) is 0 Å². The van der Waals surface area contributed by atoms with Crippen molar-refractivity contribution in [2.75, 3.05) is 13.1 Å². The molecule has 0 radical (unpaired) electrons. The Morgan fingerprint density at radius 3 is 2.57 bits per heavy atom. The van der Waals surface area contributed by atoms with Gasteiger partial charge in [0, 0.05) is 24.0 Å². The molecule has 2 aromatic carbocycles. The smallest absolute Gasteiger partial charge is 0.257 e. The molecule has 0 aliphatic carbocycles. The fraction of sp³-hybridized carbons (Fsp3) is 0.304. The maximum Gasteiger partial charge on any atom is 0.257 e. The van der Waals surface area contributed by atoms with Crippen molar-refractivity contribution in [1.29, 1.82) is 0 Å². The van der Waals surface area contributed by atoms with Crippen LogP contribution in [-0.4, -0.2) is 33.7 Å². The van der Waals surface area contributed by atoms with Gasteiger partial charge in [0.2, 0.25) is 0 Å². The number of benzene rings is 2. The summed E-state index contributed by atoms with van der Waals surface area (Å²) in [6, 6.07) is 18.0. The zero-order chi connectivity index (χ0) is 19.5. The molecule has 1 aliphatic heterocycles. The summed E-state index contributed by atoms with van der Waals surface area (Å²) < 4.78 is 1.84. The number of aromatic nitrogens is 2. The standard InChI is InChI=1S/C23H24ClN3O/c1-17-22(15-25-27(17)21-8-3-2-4-9-21)23(28)26-14-6-5-7-19(16-26)18-10-12-20(24)13-11-18/h2-4,8-13,15,19H,5-7,14,16H2,1H3. The fourth-order valence-electron chi connectivity index (χ4n) is 3.95. The van der Waals surface area contributed by atoms with E-state index in [1.165, 1.54) is 5.56 Å². The van der Waals surface area contributed by atoms with E-state index in [9.17, 15) is 4.79 Å². The largest absolute Gasteiger partial charge is 0.338 e. The molecule has 0 saturated carbocycles. The minimum absolute atomic E-state index is 0.0699. The number of hydrogen-bond acceptors (Lipinski definition) is 2. The second kappa shape index (κ2) is 8.19. The number of halogens is 1. The third kappa shape index (κ3) is 3.83. The zero-order valence-electron chi connectivity index (χ0n) is 16.0. The first kappa shape index (κ1) is 18.8. The van der Waals surface area contributed by atoms with Crippen LogP contribution in [0.4, 0.5) is 0 Å². The number of amides is 1. The van der Waals surface area contributed by atoms with Gasteiger partial charge in [0.25, 0.3) is 5.91 Å². The van der Waals surface area contributed by atoms with Crippen molar-refractivity contribution in [1.82, 2.24) is 14.7 Å². The highest BCUT2D eigenvalue weighted by Gasteiger charge is 2.26. The van der Waals surface area contributed by atoms with E-state index < -0.39 is 0 Å². The number of nitrogens with zero attached hydrogens (tertiary/aromatic N) is 3. The van der Waals surface area contributed by atoms with Crippen molar-refractivity contribution < 1.29 is 4.79 Å². The highest BCUT2D eigenvalue weighted by molar-refractivity contribution is 6.30. The summed E-state index contributed by atoms with van der Waals surface area (Å²) >= 11 is 6.04. The molecule has 0 bridgehead atoms. The second-order valence-electron chi connectivity index (χ2n) is 7.39. The topological polar surface area (TPSA) is 38.1 Å². The monoisotopic (exact) mass is 393 g/mol. The van der Waals surface area contributed by atoms with E-state index >= 15 is 0 Å². The predicted molar refractivity (Wildman–Crippen MR) is 112 cm³/mol. The Labute approximate surface area is 170 Å². The van der Waals surface area contributed by atoms with Crippen LogP contribution in [0.2, 0.25) is 5.02 Å². The van der Waals surface area contributed by atoms with Crippen molar-refractivity contribution in [3.63, 3.8) is 0 Å². The molecule has 0 spiro atoms. The first-order chi connectivity index (χ1) is 13.6. The van der Waals surface area contributed by atoms with Gasteiger partial charge in [-0.05, 0) is 49.6 Å². The Kier molecular flexibility index (Phi) is 5.49. The number of carbonyl (C=O) groups is 1. The molecular weight excluding hydrogens is 370 g/mol. The van der Waals surface area contributed by atoms with Crippen LogP contribution in [0.15, 0.2) is 60.8 Å². The molecule has 144 valence electrons. The molecular formula is C23H24ClN3O. The van der Waals surface area contributed by atoms with E-state index in [1.54, 1.807) is 6.20 Å². The molecule has 28 heavy (non-hydrogen) atoms. The third-order valence-electron chi connectivity index (χ3n) is 5.54. The van der Waals surface area contributed by atoms with E-state index in [4.69, 9.17) is 11.6 Å². The van der Waals surface area contributed by atoms with E-state index in [1.807, 2.05) is 59.0 Å². The minimum atomic E-state index is 0.0699. The summed E-state index contributed by atoms with van der Waals surface area (Å²) in [5, 5.41) is 5.21. The van der Waals surface area contributed by atoms with Gasteiger partial charge in [-0.1, -0.05) is 48.4 Å². The quantitative estimate of drug-likeness (QED) is 0.610. The Hall–Kier alpha value is -2.59. The zero-order valence-corrected chi connectivity index (χ0v) is 16.8. The molecule has 3 aromatic rings. The summed E-state index contributed by atoms with van der Waals surface area (Å²) in [5.41, 5.74) is 3.78. The second-order valence-corrected chi connectivity index (χ2v) is 7.82. The average Bonchev–Trinajstić information content (AvgIpc) is 2.94. The SMILES string of the molecule is Cc1c(C(=O)N2CCCCC(c3ccc(Cl)cc3)C2)cnn1-c1ccccc1. The van der Waals surface area contributed by atoms with Gasteiger partial charge in [-0.25, -0.2) is 4.68 Å². The van der Waals surface area contributed by atoms with Gasteiger partial charge in [0.1, 0.15) is 0 Å². The lowest BCUT2D eigenvalue weighted by atomic mass is 9.94. The molecule has 1 fully saturated rings. The van der Waals surface area contributed by atoms with Crippen LogP contribution in [0, 0.1) is 6.92 Å². The van der Waals surface area contributed by atoms with Crippen molar-refractivity contribution in [3.05, 3.63) is 82.6 Å². The number of rotatable bonds is 3. The van der Waals surface area contributed by atoms with Crippen LogP contribution >= 0.6 is 11.6 Å². The van der Waals surface area contributed by atoms with Crippen LogP contribution in [0.5, 0.6) is 0 Å². The van der Waals surface area contributed by atoms with Crippen molar-refractivity contribution >= 4 is 17.5 Å². The van der Waals surface area contributed by atoms with E-state index in [0.29, 0.717) is 11.5 Å². The van der Waals surface area contributed by atoms with Crippen LogP contribution in [-0.2, 0) is 0 Å². The Bertz CT molecular complexity index is 950. The molecule has 5 heteroatoms. The Morgan fingerprint density at radius 2 is 1.82 bits per heavy atom. The van der Waals surface area contributed by atoms with Crippen molar-refractivity contribution in [3.8, 4) is 5.69 Å². The van der Waals surface area contributed by atoms with Gasteiger partial charge in [-0.15, -0.1) is 0 Å². The summed E-state index contributed by atoms with van der Waals surface area (Å²) in [5.74, 6) is 0.411. The van der Waals surface area contributed by atoms with E-state index in [0.717, 1.165) is 48.8 Å². The maximum atomic E-state index is 13.3. The summed E-state index contributed by atoms with van der Waals surface area (Å²) in [7, 11) is 0. The van der Waals surface area contributed by atoms with Crippen LogP contribution in [0.1, 0.15) is 46.8 Å². The number of likely N-dealkylation sites (tertiary alicyclic amines) is 1. The highest BCUT2D eigenvalue weighted by Crippen LogP contribution is 2.28. The van der Waals surface area contributed by atoms with Crippen LogP contribution in [0.25, 0.3) is 5.69 Å². The molecule has 4 nitrogen and oxygen atoms in total. The fourth-order valence-corrected chi connectivity index (χ4v) is 4.08. The van der Waals surface area contributed by atoms with Crippen molar-refractivity contribution in [2.45, 2.75) is 32.1 Å². The lowest BCUT2D eigenvalue weighted by molar-refractivity contribution is 0.0753. The lowest BCUT2D eigenvalue weighted by Gasteiger charge is -2.25. The number of hydrogen-bond donors (Lipinski definition) is 0. The molecule has 1 saturated heterocycles. The lowest BCUT2D eigenvalue weighted by Crippen LogP contribution is -2.34. The molecule has 0 N–H and O–H groups in total. The van der Waals surface area contributed by atoms with Gasteiger partial charge in [0.05, 0.1) is 23.1 Å². The normalized spacial score (nSPS) is 17.4. The summed E-state index contributed by atoms with van der Waals surface area (Å²) in [6.07, 6.45) is 4.95. The molecule has 1 aliphatic rings. The summed E-state index contributed by atoms with van der Waals surface area (Å²) in [4.78, 5) is 15.3.